The SMILES string of the molecule is CS(=O)(=O)N1CCN(C(=O)c2cc(S)cs2)CC1. The number of carbonyl (C=O) groups is 1. The second-order valence-electron chi connectivity index (χ2n) is 4.12. The molecule has 2 heterocycles. The van der Waals surface area contributed by atoms with E-state index in [-0.39, 0.29) is 5.91 Å². The van der Waals surface area contributed by atoms with Gasteiger partial charge in [-0.3, -0.25) is 4.79 Å². The molecule has 2 rings (SSSR count). The summed E-state index contributed by atoms with van der Waals surface area (Å²) in [5, 5.41) is 1.81. The van der Waals surface area contributed by atoms with Crippen molar-refractivity contribution in [3.05, 3.63) is 16.3 Å². The standard InChI is InChI=1S/C10H14N2O3S3/c1-18(14,15)12-4-2-11(3-5-12)10(13)9-6-8(16)7-17-9/h6-7,16H,2-5H2,1H3. The van der Waals surface area contributed by atoms with Crippen LogP contribution in [0.3, 0.4) is 0 Å². The average Bonchev–Trinajstić information content (AvgIpc) is 2.74. The van der Waals surface area contributed by atoms with E-state index < -0.39 is 10.0 Å². The summed E-state index contributed by atoms with van der Waals surface area (Å²) in [5.41, 5.74) is 0. The molecule has 0 unspecified atom stereocenters. The molecule has 0 bridgehead atoms. The van der Waals surface area contributed by atoms with Crippen LogP contribution in [-0.2, 0) is 10.0 Å². The Balaban J connectivity index is 2.00. The number of thiol groups is 1. The molecule has 0 aromatic carbocycles. The number of carbonyl (C=O) groups excluding carboxylic acids is 1. The maximum atomic E-state index is 12.1. The van der Waals surface area contributed by atoms with Crippen molar-refractivity contribution in [2.45, 2.75) is 4.90 Å². The Bertz CT molecular complexity index is 544. The molecule has 1 amide bonds. The maximum absolute atomic E-state index is 12.1. The minimum absolute atomic E-state index is 0.0477. The molecule has 100 valence electrons. The number of sulfonamides is 1. The van der Waals surface area contributed by atoms with Crippen LogP contribution in [0.15, 0.2) is 16.3 Å². The molecule has 0 saturated carbocycles. The Hall–Kier alpha value is -0.570. The van der Waals surface area contributed by atoms with Crippen molar-refractivity contribution in [2.75, 3.05) is 32.4 Å². The van der Waals surface area contributed by atoms with E-state index in [1.54, 1.807) is 11.0 Å². The second-order valence-corrected chi connectivity index (χ2v) is 7.53. The van der Waals surface area contributed by atoms with Gasteiger partial charge in [-0.25, -0.2) is 8.42 Å². The molecule has 18 heavy (non-hydrogen) atoms. The molecule has 1 aromatic rings. The summed E-state index contributed by atoms with van der Waals surface area (Å²) >= 11 is 5.53. The Labute approximate surface area is 116 Å². The highest BCUT2D eigenvalue weighted by Gasteiger charge is 2.26. The first kappa shape index (κ1) is 13.9. The van der Waals surface area contributed by atoms with Crippen LogP contribution in [0, 0.1) is 0 Å². The molecular weight excluding hydrogens is 292 g/mol. The summed E-state index contributed by atoms with van der Waals surface area (Å²) in [4.78, 5) is 15.2. The van der Waals surface area contributed by atoms with Gasteiger partial charge in [0.05, 0.1) is 11.1 Å². The van der Waals surface area contributed by atoms with Crippen molar-refractivity contribution < 1.29 is 13.2 Å². The van der Waals surface area contributed by atoms with Crippen molar-refractivity contribution in [3.63, 3.8) is 0 Å². The van der Waals surface area contributed by atoms with E-state index in [2.05, 4.69) is 12.6 Å². The summed E-state index contributed by atoms with van der Waals surface area (Å²) in [7, 11) is -3.15. The van der Waals surface area contributed by atoms with Crippen LogP contribution in [0.5, 0.6) is 0 Å². The van der Waals surface area contributed by atoms with E-state index in [1.807, 2.05) is 5.38 Å². The van der Waals surface area contributed by atoms with E-state index in [4.69, 9.17) is 0 Å². The second kappa shape index (κ2) is 5.20. The fraction of sp³-hybridized carbons (Fsp3) is 0.500. The van der Waals surface area contributed by atoms with Gasteiger partial charge in [0.15, 0.2) is 0 Å². The molecule has 0 atom stereocenters. The third-order valence-corrected chi connectivity index (χ3v) is 5.45. The minimum atomic E-state index is -3.15. The molecule has 1 fully saturated rings. The van der Waals surface area contributed by atoms with Crippen LogP contribution >= 0.6 is 24.0 Å². The first-order valence-corrected chi connectivity index (χ1v) is 8.57. The highest BCUT2D eigenvalue weighted by molar-refractivity contribution is 7.88. The fourth-order valence-corrected chi connectivity index (χ4v) is 3.76. The van der Waals surface area contributed by atoms with Crippen molar-refractivity contribution in [3.8, 4) is 0 Å². The number of hydrogen-bond acceptors (Lipinski definition) is 5. The minimum Gasteiger partial charge on any atom is -0.335 e. The zero-order chi connectivity index (χ0) is 13.3. The summed E-state index contributed by atoms with van der Waals surface area (Å²) in [6, 6.07) is 1.74. The third-order valence-electron chi connectivity index (χ3n) is 2.79. The molecule has 5 nitrogen and oxygen atoms in total. The van der Waals surface area contributed by atoms with E-state index in [1.165, 1.54) is 21.9 Å². The van der Waals surface area contributed by atoms with Crippen molar-refractivity contribution in [2.24, 2.45) is 0 Å². The number of piperazine rings is 1. The molecule has 1 saturated heterocycles. The highest BCUT2D eigenvalue weighted by atomic mass is 32.2. The lowest BCUT2D eigenvalue weighted by Gasteiger charge is -2.32. The van der Waals surface area contributed by atoms with Crippen LogP contribution < -0.4 is 0 Å². The Kier molecular flexibility index (Phi) is 4.00. The van der Waals surface area contributed by atoms with Gasteiger partial charge in [-0.1, -0.05) is 0 Å². The van der Waals surface area contributed by atoms with Gasteiger partial charge in [0.25, 0.3) is 5.91 Å². The zero-order valence-corrected chi connectivity index (χ0v) is 12.4. The van der Waals surface area contributed by atoms with Gasteiger partial charge in [-0.05, 0) is 6.07 Å². The van der Waals surface area contributed by atoms with Crippen LogP contribution in [0.2, 0.25) is 0 Å². The first-order valence-electron chi connectivity index (χ1n) is 5.40. The molecule has 0 N–H and O–H groups in total. The number of amides is 1. The number of rotatable bonds is 2. The Morgan fingerprint density at radius 1 is 1.33 bits per heavy atom. The largest absolute Gasteiger partial charge is 0.335 e. The molecule has 1 aromatic heterocycles. The van der Waals surface area contributed by atoms with Gasteiger partial charge in [0.2, 0.25) is 10.0 Å². The van der Waals surface area contributed by atoms with Crippen molar-refractivity contribution in [1.82, 2.24) is 9.21 Å². The van der Waals surface area contributed by atoms with E-state index in [9.17, 15) is 13.2 Å². The predicted molar refractivity (Wildman–Crippen MR) is 73.9 cm³/mol. The summed E-state index contributed by atoms with van der Waals surface area (Å²) in [5.74, 6) is -0.0477. The van der Waals surface area contributed by atoms with Gasteiger partial charge in [0, 0.05) is 36.5 Å². The lowest BCUT2D eigenvalue weighted by Crippen LogP contribution is -2.50. The third kappa shape index (κ3) is 3.05. The van der Waals surface area contributed by atoms with E-state index >= 15 is 0 Å². The molecule has 0 spiro atoms. The fourth-order valence-electron chi connectivity index (χ4n) is 1.82. The lowest BCUT2D eigenvalue weighted by molar-refractivity contribution is 0.0703. The molecule has 1 aliphatic heterocycles. The normalized spacial score (nSPS) is 18.0. The molecule has 0 radical (unpaired) electrons. The Morgan fingerprint density at radius 2 is 1.94 bits per heavy atom. The maximum Gasteiger partial charge on any atom is 0.264 e. The number of nitrogens with zero attached hydrogens (tertiary/aromatic N) is 2. The van der Waals surface area contributed by atoms with Crippen molar-refractivity contribution in [1.29, 1.82) is 0 Å². The quantitative estimate of drug-likeness (QED) is 0.821. The topological polar surface area (TPSA) is 57.7 Å². The number of thiophene rings is 1. The first-order chi connectivity index (χ1) is 8.38. The summed E-state index contributed by atoms with van der Waals surface area (Å²) < 4.78 is 24.1. The number of hydrogen-bond donors (Lipinski definition) is 1. The lowest BCUT2D eigenvalue weighted by atomic mass is 10.3. The molecular formula is C10H14N2O3S3. The summed E-state index contributed by atoms with van der Waals surface area (Å²) in [6.45, 7) is 1.60. The van der Waals surface area contributed by atoms with Crippen LogP contribution in [-0.4, -0.2) is 56.0 Å². The van der Waals surface area contributed by atoms with Gasteiger partial charge < -0.3 is 4.90 Å². The van der Waals surface area contributed by atoms with E-state index in [0.29, 0.717) is 31.1 Å². The monoisotopic (exact) mass is 306 g/mol. The zero-order valence-electron chi connectivity index (χ0n) is 9.87. The Morgan fingerprint density at radius 3 is 2.39 bits per heavy atom. The van der Waals surface area contributed by atoms with Crippen LogP contribution in [0.25, 0.3) is 0 Å². The average molecular weight is 306 g/mol. The highest BCUT2D eigenvalue weighted by Crippen LogP contribution is 2.20. The molecule has 1 aliphatic rings. The van der Waals surface area contributed by atoms with Gasteiger partial charge in [-0.15, -0.1) is 24.0 Å². The van der Waals surface area contributed by atoms with Crippen LogP contribution in [0.1, 0.15) is 9.67 Å². The molecule has 8 heteroatoms. The van der Waals surface area contributed by atoms with Gasteiger partial charge >= 0.3 is 0 Å². The smallest absolute Gasteiger partial charge is 0.264 e. The van der Waals surface area contributed by atoms with Gasteiger partial charge in [-0.2, -0.15) is 4.31 Å². The van der Waals surface area contributed by atoms with Crippen molar-refractivity contribution >= 4 is 39.9 Å². The summed E-state index contributed by atoms with van der Waals surface area (Å²) in [6.07, 6.45) is 1.19. The predicted octanol–water partition coefficient (Wildman–Crippen LogP) is 0.754. The van der Waals surface area contributed by atoms with Gasteiger partial charge in [0.1, 0.15) is 0 Å². The van der Waals surface area contributed by atoms with Crippen LogP contribution in [0.4, 0.5) is 0 Å². The molecule has 0 aliphatic carbocycles. The van der Waals surface area contributed by atoms with E-state index in [0.717, 1.165) is 4.90 Å².